The fraction of sp³-hybridized carbons (Fsp3) is 0.625. The van der Waals surface area contributed by atoms with Crippen molar-refractivity contribution < 1.29 is 4.74 Å². The number of nitrogens with two attached hydrogens (primary N) is 1. The van der Waals surface area contributed by atoms with Gasteiger partial charge in [-0.15, -0.1) is 0 Å². The number of benzene rings is 1. The van der Waals surface area contributed by atoms with Crippen molar-refractivity contribution in [3.05, 3.63) is 34.9 Å². The van der Waals surface area contributed by atoms with E-state index < -0.39 is 0 Å². The summed E-state index contributed by atoms with van der Waals surface area (Å²) in [5.74, 6) is 0. The molecule has 2 heterocycles. The van der Waals surface area contributed by atoms with Gasteiger partial charge in [-0.05, 0) is 24.1 Å². The molecule has 0 aromatic heterocycles. The molecule has 3 rings (SSSR count). The minimum absolute atomic E-state index is 0.273. The molecule has 2 atom stereocenters. The van der Waals surface area contributed by atoms with Crippen LogP contribution < -0.4 is 5.73 Å². The molecule has 2 unspecified atom stereocenters. The number of rotatable bonds is 4. The van der Waals surface area contributed by atoms with E-state index in [1.54, 1.807) is 0 Å². The van der Waals surface area contributed by atoms with Gasteiger partial charge >= 0.3 is 0 Å². The fourth-order valence-corrected chi connectivity index (χ4v) is 3.70. The average Bonchev–Trinajstić information content (AvgIpc) is 2.99. The van der Waals surface area contributed by atoms with Crippen LogP contribution in [-0.2, 0) is 4.74 Å². The van der Waals surface area contributed by atoms with Crippen molar-refractivity contribution in [1.82, 2.24) is 9.80 Å². The third-order valence-electron chi connectivity index (χ3n) is 4.65. The van der Waals surface area contributed by atoms with Gasteiger partial charge in [0.15, 0.2) is 0 Å². The van der Waals surface area contributed by atoms with Crippen molar-refractivity contribution in [2.75, 3.05) is 45.9 Å². The Balaban J connectivity index is 1.65. The van der Waals surface area contributed by atoms with Gasteiger partial charge in [0.25, 0.3) is 0 Å². The summed E-state index contributed by atoms with van der Waals surface area (Å²) >= 11 is 6.12. The van der Waals surface area contributed by atoms with Gasteiger partial charge in [0.2, 0.25) is 0 Å². The normalized spacial score (nSPS) is 26.1. The van der Waals surface area contributed by atoms with E-state index in [4.69, 9.17) is 22.1 Å². The van der Waals surface area contributed by atoms with Crippen LogP contribution >= 0.6 is 11.6 Å². The number of halogens is 1. The zero-order valence-corrected chi connectivity index (χ0v) is 13.1. The summed E-state index contributed by atoms with van der Waals surface area (Å²) in [5, 5.41) is 0.787. The van der Waals surface area contributed by atoms with E-state index in [1.807, 2.05) is 18.2 Å². The lowest BCUT2D eigenvalue weighted by Crippen LogP contribution is -2.45. The van der Waals surface area contributed by atoms with Crippen molar-refractivity contribution in [3.63, 3.8) is 0 Å². The maximum atomic E-state index is 6.12. The zero-order chi connectivity index (χ0) is 14.7. The highest BCUT2D eigenvalue weighted by Crippen LogP contribution is 2.28. The van der Waals surface area contributed by atoms with E-state index in [0.717, 1.165) is 44.4 Å². The van der Waals surface area contributed by atoms with E-state index in [1.165, 1.54) is 12.0 Å². The van der Waals surface area contributed by atoms with Crippen LogP contribution in [0.15, 0.2) is 24.3 Å². The van der Waals surface area contributed by atoms with Crippen LogP contribution in [-0.4, -0.2) is 61.8 Å². The highest BCUT2D eigenvalue weighted by molar-refractivity contribution is 6.30. The van der Waals surface area contributed by atoms with Crippen molar-refractivity contribution in [2.45, 2.75) is 18.5 Å². The van der Waals surface area contributed by atoms with Crippen LogP contribution in [0.1, 0.15) is 18.0 Å². The van der Waals surface area contributed by atoms with Crippen LogP contribution in [0.4, 0.5) is 0 Å². The van der Waals surface area contributed by atoms with Gasteiger partial charge in [-0.3, -0.25) is 9.80 Å². The van der Waals surface area contributed by atoms with E-state index in [9.17, 15) is 0 Å². The summed E-state index contributed by atoms with van der Waals surface area (Å²) in [5.41, 5.74) is 7.27. The SMILES string of the molecule is NCC(c1cccc(Cl)c1)N1CCC(N2CCOCC2)C1. The molecule has 4 nitrogen and oxygen atoms in total. The van der Waals surface area contributed by atoms with Crippen LogP contribution in [0.3, 0.4) is 0 Å². The number of morpholine rings is 1. The van der Waals surface area contributed by atoms with Gasteiger partial charge < -0.3 is 10.5 Å². The summed E-state index contributed by atoms with van der Waals surface area (Å²) in [6.45, 7) is 6.68. The Morgan fingerprint density at radius 1 is 1.29 bits per heavy atom. The Labute approximate surface area is 131 Å². The van der Waals surface area contributed by atoms with Crippen LogP contribution in [0, 0.1) is 0 Å². The number of ether oxygens (including phenoxy) is 1. The monoisotopic (exact) mass is 309 g/mol. The summed E-state index contributed by atoms with van der Waals surface area (Å²) in [7, 11) is 0. The number of hydrogen-bond acceptors (Lipinski definition) is 4. The molecule has 2 aliphatic rings. The molecule has 2 fully saturated rings. The lowest BCUT2D eigenvalue weighted by Gasteiger charge is -2.33. The smallest absolute Gasteiger partial charge is 0.0594 e. The number of likely N-dealkylation sites (tertiary alicyclic amines) is 1. The molecule has 0 aliphatic carbocycles. The maximum Gasteiger partial charge on any atom is 0.0594 e. The van der Waals surface area contributed by atoms with E-state index >= 15 is 0 Å². The summed E-state index contributed by atoms with van der Waals surface area (Å²) in [6, 6.07) is 9.01. The predicted molar refractivity (Wildman–Crippen MR) is 85.6 cm³/mol. The average molecular weight is 310 g/mol. The highest BCUT2D eigenvalue weighted by Gasteiger charge is 2.32. The van der Waals surface area contributed by atoms with Crippen LogP contribution in [0.25, 0.3) is 0 Å². The molecule has 0 amide bonds. The zero-order valence-electron chi connectivity index (χ0n) is 12.4. The second-order valence-electron chi connectivity index (χ2n) is 5.89. The van der Waals surface area contributed by atoms with Gasteiger partial charge in [-0.25, -0.2) is 0 Å². The second kappa shape index (κ2) is 7.07. The Hall–Kier alpha value is -0.650. The maximum absolute atomic E-state index is 6.12. The largest absolute Gasteiger partial charge is 0.379 e. The van der Waals surface area contributed by atoms with Crippen LogP contribution in [0.2, 0.25) is 5.02 Å². The standard InChI is InChI=1S/C16H24ClN3O/c17-14-3-1-2-13(10-14)16(11-18)20-5-4-15(12-20)19-6-8-21-9-7-19/h1-3,10,15-16H,4-9,11-12,18H2. The quantitative estimate of drug-likeness (QED) is 0.920. The Morgan fingerprint density at radius 2 is 2.10 bits per heavy atom. The number of hydrogen-bond donors (Lipinski definition) is 1. The first-order chi connectivity index (χ1) is 10.3. The lowest BCUT2D eigenvalue weighted by atomic mass is 10.1. The van der Waals surface area contributed by atoms with Gasteiger partial charge in [-0.2, -0.15) is 0 Å². The molecule has 0 saturated carbocycles. The minimum atomic E-state index is 0.273. The van der Waals surface area contributed by atoms with Crippen molar-refractivity contribution in [1.29, 1.82) is 0 Å². The number of nitrogens with zero attached hydrogens (tertiary/aromatic N) is 2. The molecule has 21 heavy (non-hydrogen) atoms. The molecule has 0 radical (unpaired) electrons. The summed E-state index contributed by atoms with van der Waals surface area (Å²) in [4.78, 5) is 5.07. The topological polar surface area (TPSA) is 41.7 Å². The summed E-state index contributed by atoms with van der Waals surface area (Å²) in [6.07, 6.45) is 1.22. The van der Waals surface area contributed by atoms with E-state index in [-0.39, 0.29) is 6.04 Å². The van der Waals surface area contributed by atoms with E-state index in [0.29, 0.717) is 12.6 Å². The predicted octanol–water partition coefficient (Wildman–Crippen LogP) is 1.75. The van der Waals surface area contributed by atoms with Crippen molar-refractivity contribution in [2.24, 2.45) is 5.73 Å². The van der Waals surface area contributed by atoms with Gasteiger partial charge in [0.05, 0.1) is 13.2 Å². The first-order valence-corrected chi connectivity index (χ1v) is 8.17. The van der Waals surface area contributed by atoms with Gasteiger partial charge in [-0.1, -0.05) is 23.7 Å². The fourth-order valence-electron chi connectivity index (χ4n) is 3.50. The molecule has 2 saturated heterocycles. The first kappa shape index (κ1) is 15.3. The Kier molecular flexibility index (Phi) is 5.14. The highest BCUT2D eigenvalue weighted by atomic mass is 35.5. The van der Waals surface area contributed by atoms with Crippen molar-refractivity contribution >= 4 is 11.6 Å². The molecule has 1 aromatic carbocycles. The first-order valence-electron chi connectivity index (χ1n) is 7.79. The van der Waals surface area contributed by atoms with Gasteiger partial charge in [0, 0.05) is 49.8 Å². The molecule has 1 aromatic rings. The Morgan fingerprint density at radius 3 is 2.81 bits per heavy atom. The lowest BCUT2D eigenvalue weighted by molar-refractivity contribution is 0.0176. The van der Waals surface area contributed by atoms with Crippen LogP contribution in [0.5, 0.6) is 0 Å². The molecule has 2 N–H and O–H groups in total. The third kappa shape index (κ3) is 3.58. The van der Waals surface area contributed by atoms with E-state index in [2.05, 4.69) is 15.9 Å². The third-order valence-corrected chi connectivity index (χ3v) is 4.89. The molecule has 5 heteroatoms. The van der Waals surface area contributed by atoms with Gasteiger partial charge in [0.1, 0.15) is 0 Å². The van der Waals surface area contributed by atoms with Crippen molar-refractivity contribution in [3.8, 4) is 0 Å². The summed E-state index contributed by atoms with van der Waals surface area (Å²) < 4.78 is 5.45. The molecular weight excluding hydrogens is 286 g/mol. The molecule has 116 valence electrons. The molecule has 2 aliphatic heterocycles. The minimum Gasteiger partial charge on any atom is -0.379 e. The molecular formula is C16H24ClN3O. The Bertz CT molecular complexity index is 465. The molecule has 0 spiro atoms. The second-order valence-corrected chi connectivity index (χ2v) is 6.33. The molecule has 0 bridgehead atoms.